The molecule has 1 fully saturated rings. The van der Waals surface area contributed by atoms with Gasteiger partial charge in [-0.15, -0.1) is 0 Å². The van der Waals surface area contributed by atoms with Crippen molar-refractivity contribution in [3.8, 4) is 5.75 Å². The second kappa shape index (κ2) is 5.93. The number of carbonyl (C=O) groups is 1. The van der Waals surface area contributed by atoms with Crippen LogP contribution in [0, 0.1) is 0 Å². The largest absolute Gasteiger partial charge is 0.496 e. The lowest BCUT2D eigenvalue weighted by atomic mass is 10.1. The third kappa shape index (κ3) is 2.64. The van der Waals surface area contributed by atoms with Crippen molar-refractivity contribution in [2.24, 2.45) is 0 Å². The van der Waals surface area contributed by atoms with Crippen LogP contribution in [0.5, 0.6) is 5.75 Å². The van der Waals surface area contributed by atoms with Gasteiger partial charge in [-0.05, 0) is 31.0 Å². The van der Waals surface area contributed by atoms with Gasteiger partial charge in [0.25, 0.3) is 5.91 Å². The summed E-state index contributed by atoms with van der Waals surface area (Å²) in [6.07, 6.45) is 2.10. The Hall–Kier alpha value is -0.740. The van der Waals surface area contributed by atoms with Crippen molar-refractivity contribution in [1.82, 2.24) is 4.90 Å². The lowest BCUT2D eigenvalue weighted by molar-refractivity contribution is 0.0747. The molecule has 3 nitrogen and oxygen atoms in total. The van der Waals surface area contributed by atoms with E-state index in [0.29, 0.717) is 16.3 Å². The van der Waals surface area contributed by atoms with E-state index in [0.717, 1.165) is 24.7 Å². The van der Waals surface area contributed by atoms with E-state index in [9.17, 15) is 4.79 Å². The average molecular weight is 333 g/mol. The molecule has 0 bridgehead atoms. The molecule has 5 heteroatoms. The summed E-state index contributed by atoms with van der Waals surface area (Å²) in [5, 5.41) is 1.39. The molecule has 0 spiro atoms. The molecule has 2 rings (SSSR count). The Balaban J connectivity index is 2.28. The monoisotopic (exact) mass is 331 g/mol. The predicted octanol–water partition coefficient (Wildman–Crippen LogP) is 3.35. The summed E-state index contributed by atoms with van der Waals surface area (Å²) in [5.74, 6) is 0.554. The van der Waals surface area contributed by atoms with Crippen LogP contribution in [0.25, 0.3) is 0 Å². The van der Waals surface area contributed by atoms with Crippen molar-refractivity contribution in [3.05, 3.63) is 28.8 Å². The van der Waals surface area contributed by atoms with Crippen LogP contribution >= 0.6 is 27.5 Å². The zero-order valence-electron chi connectivity index (χ0n) is 10.2. The number of alkyl halides is 1. The van der Waals surface area contributed by atoms with Crippen molar-refractivity contribution < 1.29 is 9.53 Å². The number of carbonyl (C=O) groups excluding carboxylic acids is 1. The minimum atomic E-state index is 0.0190. The lowest BCUT2D eigenvalue weighted by Gasteiger charge is -2.24. The summed E-state index contributed by atoms with van der Waals surface area (Å²) in [6.45, 7) is 0.806. The highest BCUT2D eigenvalue weighted by atomic mass is 79.9. The van der Waals surface area contributed by atoms with Gasteiger partial charge in [0, 0.05) is 22.9 Å². The van der Waals surface area contributed by atoms with Crippen LogP contribution in [0.3, 0.4) is 0 Å². The number of ether oxygens (including phenoxy) is 1. The number of benzene rings is 1. The molecule has 0 radical (unpaired) electrons. The molecule has 0 aliphatic carbocycles. The molecular formula is C13H15BrClNO2. The van der Waals surface area contributed by atoms with Gasteiger partial charge in [-0.1, -0.05) is 27.5 Å². The van der Waals surface area contributed by atoms with Crippen LogP contribution in [0.4, 0.5) is 0 Å². The minimum absolute atomic E-state index is 0.0190. The first kappa shape index (κ1) is 13.7. The molecule has 1 aromatic carbocycles. The molecular weight excluding hydrogens is 318 g/mol. The normalized spacial score (nSPS) is 19.1. The van der Waals surface area contributed by atoms with Gasteiger partial charge in [0.1, 0.15) is 5.75 Å². The Bertz CT molecular complexity index is 453. The van der Waals surface area contributed by atoms with Gasteiger partial charge in [0.2, 0.25) is 0 Å². The van der Waals surface area contributed by atoms with Crippen molar-refractivity contribution in [1.29, 1.82) is 0 Å². The molecule has 1 aromatic rings. The Labute approximate surface area is 120 Å². The fraction of sp³-hybridized carbons (Fsp3) is 0.462. The standard InChI is InChI=1S/C13H15BrClNO2/c1-18-12-7-9(15)4-5-11(12)13(17)16-6-2-3-10(16)8-14/h4-5,7,10H,2-3,6,8H2,1H3. The van der Waals surface area contributed by atoms with E-state index in [4.69, 9.17) is 16.3 Å². The summed E-state index contributed by atoms with van der Waals surface area (Å²) in [7, 11) is 1.55. The van der Waals surface area contributed by atoms with Crippen LogP contribution in [0.15, 0.2) is 18.2 Å². The van der Waals surface area contributed by atoms with Crippen LogP contribution in [-0.2, 0) is 0 Å². The molecule has 0 N–H and O–H groups in total. The average Bonchev–Trinajstić information content (AvgIpc) is 2.86. The molecule has 0 saturated carbocycles. The number of hydrogen-bond donors (Lipinski definition) is 0. The van der Waals surface area contributed by atoms with Crippen LogP contribution in [0.1, 0.15) is 23.2 Å². The highest BCUT2D eigenvalue weighted by Crippen LogP contribution is 2.28. The topological polar surface area (TPSA) is 29.5 Å². The first-order chi connectivity index (χ1) is 8.67. The van der Waals surface area contributed by atoms with E-state index in [1.807, 2.05) is 4.90 Å². The fourth-order valence-corrected chi connectivity index (χ4v) is 3.10. The number of halogens is 2. The number of likely N-dealkylation sites (tertiary alicyclic amines) is 1. The van der Waals surface area contributed by atoms with Gasteiger partial charge in [-0.25, -0.2) is 0 Å². The maximum atomic E-state index is 12.5. The highest BCUT2D eigenvalue weighted by molar-refractivity contribution is 9.09. The van der Waals surface area contributed by atoms with Crippen LogP contribution in [0.2, 0.25) is 5.02 Å². The van der Waals surface area contributed by atoms with Gasteiger partial charge in [-0.2, -0.15) is 0 Å². The summed E-state index contributed by atoms with van der Waals surface area (Å²) < 4.78 is 5.23. The Kier molecular flexibility index (Phi) is 4.51. The number of nitrogens with zero attached hydrogens (tertiary/aromatic N) is 1. The number of hydrogen-bond acceptors (Lipinski definition) is 2. The van der Waals surface area contributed by atoms with Gasteiger partial charge >= 0.3 is 0 Å². The van der Waals surface area contributed by atoms with Crippen molar-refractivity contribution >= 4 is 33.4 Å². The quantitative estimate of drug-likeness (QED) is 0.795. The lowest BCUT2D eigenvalue weighted by Crippen LogP contribution is -2.36. The van der Waals surface area contributed by atoms with Crippen molar-refractivity contribution in [2.75, 3.05) is 19.0 Å². The molecule has 0 aromatic heterocycles. The highest BCUT2D eigenvalue weighted by Gasteiger charge is 2.29. The van der Waals surface area contributed by atoms with Crippen LogP contribution in [-0.4, -0.2) is 35.8 Å². The van der Waals surface area contributed by atoms with E-state index < -0.39 is 0 Å². The molecule has 98 valence electrons. The smallest absolute Gasteiger partial charge is 0.257 e. The van der Waals surface area contributed by atoms with Crippen molar-refractivity contribution in [3.63, 3.8) is 0 Å². The predicted molar refractivity (Wildman–Crippen MR) is 75.9 cm³/mol. The molecule has 18 heavy (non-hydrogen) atoms. The first-order valence-corrected chi connectivity index (χ1v) is 7.37. The summed E-state index contributed by atoms with van der Waals surface area (Å²) in [6, 6.07) is 5.40. The molecule has 1 saturated heterocycles. The molecule has 1 aliphatic rings. The minimum Gasteiger partial charge on any atom is -0.496 e. The van der Waals surface area contributed by atoms with Gasteiger partial charge in [0.15, 0.2) is 0 Å². The van der Waals surface area contributed by atoms with E-state index in [2.05, 4.69) is 15.9 Å². The van der Waals surface area contributed by atoms with Gasteiger partial charge in [-0.3, -0.25) is 4.79 Å². The zero-order valence-corrected chi connectivity index (χ0v) is 12.5. The second-order valence-corrected chi connectivity index (χ2v) is 5.38. The molecule has 1 aliphatic heterocycles. The fourth-order valence-electron chi connectivity index (χ4n) is 2.26. The van der Waals surface area contributed by atoms with Gasteiger partial charge < -0.3 is 9.64 Å². The van der Waals surface area contributed by atoms with Crippen LogP contribution < -0.4 is 4.74 Å². The Morgan fingerprint density at radius 1 is 1.61 bits per heavy atom. The number of amides is 1. The molecule has 1 heterocycles. The number of methoxy groups -OCH3 is 1. The van der Waals surface area contributed by atoms with Gasteiger partial charge in [0.05, 0.1) is 12.7 Å². The van der Waals surface area contributed by atoms with E-state index in [1.165, 1.54) is 0 Å². The zero-order chi connectivity index (χ0) is 13.1. The third-order valence-corrected chi connectivity index (χ3v) is 4.19. The SMILES string of the molecule is COc1cc(Cl)ccc1C(=O)N1CCCC1CBr. The van der Waals surface area contributed by atoms with E-state index in [1.54, 1.807) is 25.3 Å². The second-order valence-electron chi connectivity index (χ2n) is 4.29. The Morgan fingerprint density at radius 2 is 2.39 bits per heavy atom. The summed E-state index contributed by atoms with van der Waals surface area (Å²) in [5.41, 5.74) is 0.578. The molecule has 1 amide bonds. The maximum Gasteiger partial charge on any atom is 0.257 e. The first-order valence-electron chi connectivity index (χ1n) is 5.88. The van der Waals surface area contributed by atoms with Crippen molar-refractivity contribution in [2.45, 2.75) is 18.9 Å². The molecule has 1 atom stereocenters. The molecule has 1 unspecified atom stereocenters. The maximum absolute atomic E-state index is 12.5. The van der Waals surface area contributed by atoms with E-state index in [-0.39, 0.29) is 11.9 Å². The Morgan fingerprint density at radius 3 is 3.06 bits per heavy atom. The third-order valence-electron chi connectivity index (χ3n) is 3.21. The summed E-state index contributed by atoms with van der Waals surface area (Å²) >= 11 is 9.36. The number of rotatable bonds is 3. The summed E-state index contributed by atoms with van der Waals surface area (Å²) in [4.78, 5) is 14.4. The van der Waals surface area contributed by atoms with E-state index >= 15 is 0 Å².